The molecule has 0 amide bonds. The Balaban J connectivity index is 1.15. The summed E-state index contributed by atoms with van der Waals surface area (Å²) < 4.78 is 9.83. The highest BCUT2D eigenvalue weighted by Crippen LogP contribution is 2.48. The third-order valence-electron chi connectivity index (χ3n) is 13.5. The summed E-state index contributed by atoms with van der Waals surface area (Å²) in [4.78, 5) is 16.8. The fourth-order valence-electron chi connectivity index (χ4n) is 10.6. The van der Waals surface area contributed by atoms with Crippen molar-refractivity contribution in [2.24, 2.45) is 0 Å². The second-order valence-corrected chi connectivity index (χ2v) is 19.3. The summed E-state index contributed by atoms with van der Waals surface area (Å²) in [6, 6.07) is 67.7. The van der Waals surface area contributed by atoms with Crippen molar-refractivity contribution in [3.63, 3.8) is 0 Å². The summed E-state index contributed by atoms with van der Waals surface area (Å²) >= 11 is 3.68. The minimum Gasteiger partial charge on any atom is -0.308 e. The lowest BCUT2D eigenvalue weighted by Gasteiger charge is -2.20. The van der Waals surface area contributed by atoms with Gasteiger partial charge in [0.1, 0.15) is 0 Å². The quantitative estimate of drug-likeness (QED) is 0.173. The van der Waals surface area contributed by atoms with E-state index in [0.717, 1.165) is 61.3 Å². The third kappa shape index (κ3) is 5.35. The van der Waals surface area contributed by atoms with Gasteiger partial charge in [0.2, 0.25) is 0 Å². The van der Waals surface area contributed by atoms with Crippen LogP contribution in [-0.2, 0) is 0 Å². The molecule has 9 aromatic carbocycles. The predicted octanol–water partition coefficient (Wildman–Crippen LogP) is 16.4. The van der Waals surface area contributed by atoms with E-state index >= 15 is 0 Å². The second kappa shape index (κ2) is 14.3. The van der Waals surface area contributed by atoms with E-state index < -0.39 is 0 Å². The first-order valence-electron chi connectivity index (χ1n) is 22.3. The van der Waals surface area contributed by atoms with Gasteiger partial charge < -0.3 is 9.13 Å². The van der Waals surface area contributed by atoms with E-state index in [9.17, 15) is 0 Å². The van der Waals surface area contributed by atoms with Gasteiger partial charge in [-0.25, -0.2) is 15.0 Å². The van der Waals surface area contributed by atoms with Crippen molar-refractivity contribution in [3.8, 4) is 45.5 Å². The molecule has 0 N–H and O–H groups in total. The monoisotopic (exact) mass is 879 g/mol. The summed E-state index contributed by atoms with van der Waals surface area (Å²) in [5.41, 5.74) is 11.8. The van der Waals surface area contributed by atoms with Crippen molar-refractivity contribution in [2.45, 2.75) is 13.8 Å². The van der Waals surface area contributed by atoms with Crippen molar-refractivity contribution in [1.82, 2.24) is 24.1 Å². The normalized spacial score (nSPS) is 12.1. The van der Waals surface area contributed by atoms with E-state index in [1.54, 1.807) is 0 Å². The summed E-state index contributed by atoms with van der Waals surface area (Å²) in [6.07, 6.45) is 0. The molecule has 0 fully saturated rings. The van der Waals surface area contributed by atoms with Gasteiger partial charge in [-0.05, 0) is 73.5 Å². The molecule has 14 rings (SSSR count). The van der Waals surface area contributed by atoms with Gasteiger partial charge in [-0.3, -0.25) is 0 Å². The SMILES string of the molecule is Cc1c(-c2nc(-c3ccccc3)nc(-c3c(-n4c5ccccc5c5ccccc54)cc4c(sc5ccccc54)c3C)n2)c(-n2c3ccccc3c3ccccc32)cc2c1sc1ccccc12. The Labute approximate surface area is 387 Å². The highest BCUT2D eigenvalue weighted by atomic mass is 32.1. The molecule has 5 aromatic heterocycles. The molecule has 0 radical (unpaired) electrons. The van der Waals surface area contributed by atoms with Crippen LogP contribution in [0.4, 0.5) is 0 Å². The molecule has 66 heavy (non-hydrogen) atoms. The number of thiophene rings is 2. The first-order valence-corrected chi connectivity index (χ1v) is 23.9. The van der Waals surface area contributed by atoms with E-state index in [0.29, 0.717) is 17.5 Å². The first-order chi connectivity index (χ1) is 32.6. The summed E-state index contributed by atoms with van der Waals surface area (Å²) in [5.74, 6) is 1.90. The van der Waals surface area contributed by atoms with Gasteiger partial charge in [0.15, 0.2) is 17.5 Å². The summed E-state index contributed by atoms with van der Waals surface area (Å²) in [6.45, 7) is 4.52. The van der Waals surface area contributed by atoms with E-state index in [-0.39, 0.29) is 0 Å². The van der Waals surface area contributed by atoms with Gasteiger partial charge in [0.05, 0.1) is 33.4 Å². The number of aryl methyl sites for hydroxylation is 2. The number of para-hydroxylation sites is 4. The van der Waals surface area contributed by atoms with Crippen molar-refractivity contribution >= 4 is 107 Å². The molecular weight excluding hydrogens is 843 g/mol. The molecule has 0 atom stereocenters. The number of nitrogens with zero attached hydrogens (tertiary/aromatic N) is 5. The van der Waals surface area contributed by atoms with Gasteiger partial charge in [0.25, 0.3) is 0 Å². The van der Waals surface area contributed by atoms with Gasteiger partial charge in [-0.2, -0.15) is 0 Å². The molecular formula is C59H37N5S2. The number of benzene rings is 9. The maximum absolute atomic E-state index is 5.76. The maximum Gasteiger partial charge on any atom is 0.166 e. The van der Waals surface area contributed by atoms with Gasteiger partial charge in [-0.15, -0.1) is 22.7 Å². The summed E-state index contributed by atoms with van der Waals surface area (Å²) in [7, 11) is 0. The largest absolute Gasteiger partial charge is 0.308 e. The van der Waals surface area contributed by atoms with Crippen LogP contribution in [-0.4, -0.2) is 24.1 Å². The Morgan fingerprint density at radius 2 is 0.667 bits per heavy atom. The van der Waals surface area contributed by atoms with Crippen molar-refractivity contribution in [1.29, 1.82) is 0 Å². The average Bonchev–Trinajstić information content (AvgIpc) is 4.12. The van der Waals surface area contributed by atoms with Gasteiger partial charge >= 0.3 is 0 Å². The second-order valence-electron chi connectivity index (χ2n) is 17.2. The zero-order valence-electron chi connectivity index (χ0n) is 36.0. The molecule has 0 aliphatic carbocycles. The molecule has 0 saturated carbocycles. The molecule has 0 bridgehead atoms. The fraction of sp³-hybridized carbons (Fsp3) is 0.0339. The number of hydrogen-bond acceptors (Lipinski definition) is 5. The van der Waals surface area contributed by atoms with Crippen LogP contribution >= 0.6 is 22.7 Å². The van der Waals surface area contributed by atoms with Gasteiger partial charge in [0, 0.05) is 78.6 Å². The molecule has 310 valence electrons. The highest BCUT2D eigenvalue weighted by molar-refractivity contribution is 7.26. The Morgan fingerprint density at radius 1 is 0.333 bits per heavy atom. The highest BCUT2D eigenvalue weighted by Gasteiger charge is 2.27. The third-order valence-corrected chi connectivity index (χ3v) is 16.1. The smallest absolute Gasteiger partial charge is 0.166 e. The summed E-state index contributed by atoms with van der Waals surface area (Å²) in [5, 5.41) is 9.77. The van der Waals surface area contributed by atoms with Gasteiger partial charge in [-0.1, -0.05) is 140 Å². The molecule has 14 aromatic rings. The van der Waals surface area contributed by atoms with Crippen LogP contribution in [0, 0.1) is 13.8 Å². The lowest BCUT2D eigenvalue weighted by Crippen LogP contribution is -2.07. The van der Waals surface area contributed by atoms with E-state index in [1.165, 1.54) is 61.9 Å². The van der Waals surface area contributed by atoms with Crippen LogP contribution in [0.1, 0.15) is 11.1 Å². The van der Waals surface area contributed by atoms with E-state index in [4.69, 9.17) is 15.0 Å². The zero-order chi connectivity index (χ0) is 43.6. The Kier molecular flexibility index (Phi) is 8.09. The van der Waals surface area contributed by atoms with Crippen molar-refractivity contribution in [2.75, 3.05) is 0 Å². The molecule has 7 heteroatoms. The number of rotatable bonds is 5. The molecule has 0 saturated heterocycles. The van der Waals surface area contributed by atoms with Crippen LogP contribution in [0.25, 0.3) is 129 Å². The predicted molar refractivity (Wildman–Crippen MR) is 280 cm³/mol. The Morgan fingerprint density at radius 3 is 1.08 bits per heavy atom. The molecule has 5 nitrogen and oxygen atoms in total. The van der Waals surface area contributed by atoms with E-state index in [1.807, 2.05) is 28.7 Å². The number of aromatic nitrogens is 5. The molecule has 5 heterocycles. The van der Waals surface area contributed by atoms with Crippen LogP contribution in [0.3, 0.4) is 0 Å². The average molecular weight is 880 g/mol. The van der Waals surface area contributed by atoms with E-state index in [2.05, 4.69) is 205 Å². The fourth-order valence-corrected chi connectivity index (χ4v) is 13.0. The minimum absolute atomic E-state index is 0.628. The maximum atomic E-state index is 5.76. The molecule has 0 aliphatic heterocycles. The molecule has 0 spiro atoms. The Hall–Kier alpha value is -7.97. The zero-order valence-corrected chi connectivity index (χ0v) is 37.6. The number of hydrogen-bond donors (Lipinski definition) is 0. The minimum atomic E-state index is 0.628. The lowest BCUT2D eigenvalue weighted by atomic mass is 9.99. The Bertz CT molecular complexity index is 3960. The standard InChI is InChI=1S/C59H37N5S2/c1-34-53(49(32-43-41-24-10-16-30-51(41)65-55(34)43)63-45-26-12-6-20-37(45)38-21-7-13-27-46(38)63)58-60-57(36-18-4-3-5-19-36)61-59(62-58)54-35(2)56-44(42-25-11-17-31-52(42)66-56)33-50(54)64-47-28-14-8-22-39(47)40-23-9-15-29-48(40)64/h3-33H,1-2H3. The lowest BCUT2D eigenvalue weighted by molar-refractivity contribution is 1.05. The molecule has 0 unspecified atom stereocenters. The first kappa shape index (κ1) is 37.4. The topological polar surface area (TPSA) is 48.5 Å². The van der Waals surface area contributed by atoms with Crippen LogP contribution in [0.15, 0.2) is 188 Å². The van der Waals surface area contributed by atoms with Crippen molar-refractivity contribution in [3.05, 3.63) is 199 Å². The van der Waals surface area contributed by atoms with Crippen LogP contribution in [0.5, 0.6) is 0 Å². The van der Waals surface area contributed by atoms with Crippen molar-refractivity contribution < 1.29 is 0 Å². The van der Waals surface area contributed by atoms with Crippen LogP contribution < -0.4 is 0 Å². The number of fused-ring (bicyclic) bond motifs is 12. The molecule has 0 aliphatic rings. The van der Waals surface area contributed by atoms with Crippen LogP contribution in [0.2, 0.25) is 0 Å².